The number of guanidine groups is 1. The number of hydrogen-bond acceptors (Lipinski definition) is 3. The topological polar surface area (TPSA) is 74.5 Å². The van der Waals surface area contributed by atoms with Gasteiger partial charge < -0.3 is 15.5 Å². The highest BCUT2D eigenvalue weighted by molar-refractivity contribution is 5.86. The highest BCUT2D eigenvalue weighted by Crippen LogP contribution is 2.22. The monoisotopic (exact) mass is 356 g/mol. The lowest BCUT2D eigenvalue weighted by atomic mass is 10.1. The van der Waals surface area contributed by atoms with Gasteiger partial charge in [-0.15, -0.1) is 0 Å². The molecule has 0 spiro atoms. The normalized spacial score (nSPS) is 11.3. The number of rotatable bonds is 7. The molecule has 0 saturated heterocycles. The van der Waals surface area contributed by atoms with E-state index < -0.39 is 0 Å². The van der Waals surface area contributed by atoms with Gasteiger partial charge in [0.05, 0.1) is 18.8 Å². The number of nitrogens with zero attached hydrogens (tertiary/aromatic N) is 4. The molecule has 1 heterocycles. The number of hydrogen-bond donors (Lipinski definition) is 2. The fourth-order valence-electron chi connectivity index (χ4n) is 2.39. The summed E-state index contributed by atoms with van der Waals surface area (Å²) < 4.78 is 1.80. The molecule has 0 saturated carbocycles. The Hall–Kier alpha value is -2.83. The second-order valence-corrected chi connectivity index (χ2v) is 6.28. The van der Waals surface area contributed by atoms with Crippen molar-refractivity contribution in [2.75, 3.05) is 27.2 Å². The van der Waals surface area contributed by atoms with E-state index in [0.717, 1.165) is 29.8 Å². The highest BCUT2D eigenvalue weighted by atomic mass is 16.2. The smallest absolute Gasteiger partial charge is 0.241 e. The molecule has 2 rings (SSSR count). The van der Waals surface area contributed by atoms with Gasteiger partial charge in [-0.25, -0.2) is 4.99 Å². The van der Waals surface area contributed by atoms with Gasteiger partial charge in [-0.05, 0) is 6.42 Å². The number of likely N-dealkylation sites (N-methyl/N-ethyl adjacent to an activating group) is 1. The van der Waals surface area contributed by atoms with Crippen LogP contribution in [0.1, 0.15) is 18.9 Å². The number of carbonyl (C=O) groups excluding carboxylic acids is 1. The van der Waals surface area contributed by atoms with Gasteiger partial charge in [-0.3, -0.25) is 9.48 Å². The zero-order chi connectivity index (χ0) is 18.9. The summed E-state index contributed by atoms with van der Waals surface area (Å²) in [6, 6.07) is 10.1. The zero-order valence-electron chi connectivity index (χ0n) is 16.0. The molecule has 1 aromatic heterocycles. The summed E-state index contributed by atoms with van der Waals surface area (Å²) in [5, 5.41) is 10.9. The van der Waals surface area contributed by atoms with Crippen molar-refractivity contribution in [2.45, 2.75) is 19.9 Å². The van der Waals surface area contributed by atoms with Crippen LogP contribution in [0.4, 0.5) is 0 Å². The Bertz CT molecular complexity index is 736. The molecule has 0 atom stereocenters. The maximum Gasteiger partial charge on any atom is 0.241 e. The third kappa shape index (κ3) is 5.61. The first-order chi connectivity index (χ1) is 12.5. The maximum atomic E-state index is 11.8. The first-order valence-electron chi connectivity index (χ1n) is 8.81. The van der Waals surface area contributed by atoms with Crippen LogP contribution in [-0.4, -0.2) is 53.7 Å². The Balaban J connectivity index is 2.14. The fourth-order valence-corrected chi connectivity index (χ4v) is 2.39. The lowest BCUT2D eigenvalue weighted by Gasteiger charge is -2.14. The number of benzene rings is 1. The summed E-state index contributed by atoms with van der Waals surface area (Å²) in [5.74, 6) is 0.632. The summed E-state index contributed by atoms with van der Waals surface area (Å²) in [4.78, 5) is 18.0. The third-order valence-corrected chi connectivity index (χ3v) is 3.81. The zero-order valence-corrected chi connectivity index (χ0v) is 16.0. The minimum atomic E-state index is 0.00218. The van der Waals surface area contributed by atoms with Gasteiger partial charge in [0.25, 0.3) is 0 Å². The molecule has 1 aromatic carbocycles. The minimum Gasteiger partial charge on any atom is -0.356 e. The molecule has 2 N–H and O–H groups in total. The average molecular weight is 356 g/mol. The van der Waals surface area contributed by atoms with E-state index in [9.17, 15) is 4.79 Å². The first-order valence-corrected chi connectivity index (χ1v) is 8.81. The predicted molar refractivity (Wildman–Crippen MR) is 105 cm³/mol. The second kappa shape index (κ2) is 9.60. The Kier molecular flexibility index (Phi) is 7.20. The molecule has 0 fully saturated rings. The van der Waals surface area contributed by atoms with Crippen molar-refractivity contribution in [3.63, 3.8) is 0 Å². The van der Waals surface area contributed by atoms with Gasteiger partial charge in [0, 0.05) is 45.0 Å². The van der Waals surface area contributed by atoms with Gasteiger partial charge in [0.2, 0.25) is 5.91 Å². The Labute approximate surface area is 155 Å². The number of carbonyl (C=O) groups is 1. The van der Waals surface area contributed by atoms with E-state index in [-0.39, 0.29) is 12.5 Å². The summed E-state index contributed by atoms with van der Waals surface area (Å²) >= 11 is 0. The van der Waals surface area contributed by atoms with Crippen molar-refractivity contribution in [1.82, 2.24) is 25.3 Å². The molecule has 0 aliphatic heterocycles. The van der Waals surface area contributed by atoms with E-state index in [1.807, 2.05) is 43.6 Å². The molecule has 1 amide bonds. The van der Waals surface area contributed by atoms with Gasteiger partial charge in [-0.1, -0.05) is 37.3 Å². The molecule has 140 valence electrons. The van der Waals surface area contributed by atoms with Crippen molar-refractivity contribution in [3.05, 3.63) is 42.1 Å². The van der Waals surface area contributed by atoms with Gasteiger partial charge in [0.15, 0.2) is 5.96 Å². The van der Waals surface area contributed by atoms with Crippen LogP contribution >= 0.6 is 0 Å². The van der Waals surface area contributed by atoms with Crippen LogP contribution in [0.3, 0.4) is 0 Å². The van der Waals surface area contributed by atoms with E-state index in [1.165, 1.54) is 0 Å². The van der Waals surface area contributed by atoms with Crippen LogP contribution in [0.25, 0.3) is 11.3 Å². The van der Waals surface area contributed by atoms with E-state index >= 15 is 0 Å². The van der Waals surface area contributed by atoms with Crippen LogP contribution in [0, 0.1) is 0 Å². The van der Waals surface area contributed by atoms with Crippen molar-refractivity contribution in [3.8, 4) is 11.3 Å². The van der Waals surface area contributed by atoms with Crippen LogP contribution in [0.15, 0.2) is 41.5 Å². The Morgan fingerprint density at radius 1 is 1.23 bits per heavy atom. The summed E-state index contributed by atoms with van der Waals surface area (Å²) in [6.07, 6.45) is 2.96. The molecular formula is C19H28N6O. The summed E-state index contributed by atoms with van der Waals surface area (Å²) in [6.45, 7) is 3.57. The molecule has 0 radical (unpaired) electrons. The number of nitrogens with one attached hydrogen (secondary N) is 2. The van der Waals surface area contributed by atoms with E-state index in [1.54, 1.807) is 23.7 Å². The average Bonchev–Trinajstić information content (AvgIpc) is 3.02. The van der Waals surface area contributed by atoms with Crippen molar-refractivity contribution >= 4 is 11.9 Å². The van der Waals surface area contributed by atoms with Crippen LogP contribution < -0.4 is 10.6 Å². The molecule has 7 nitrogen and oxygen atoms in total. The van der Waals surface area contributed by atoms with Gasteiger partial charge in [-0.2, -0.15) is 5.10 Å². The molecule has 0 aliphatic carbocycles. The van der Waals surface area contributed by atoms with Crippen LogP contribution in [-0.2, 0) is 18.4 Å². The molecule has 0 unspecified atom stereocenters. The van der Waals surface area contributed by atoms with Gasteiger partial charge in [0.1, 0.15) is 0 Å². The minimum absolute atomic E-state index is 0.00218. The largest absolute Gasteiger partial charge is 0.356 e. The SMILES string of the molecule is CCCNC(=NCc1cn(C)nc1-c1ccccc1)NCC(=O)N(C)C. The molecule has 0 aliphatic rings. The van der Waals surface area contributed by atoms with Crippen molar-refractivity contribution < 1.29 is 4.79 Å². The molecule has 26 heavy (non-hydrogen) atoms. The fraction of sp³-hybridized carbons (Fsp3) is 0.421. The summed E-state index contributed by atoms with van der Waals surface area (Å²) in [7, 11) is 5.38. The standard InChI is InChI=1S/C19H28N6O/c1-5-11-20-19(22-13-17(26)24(2)3)21-12-16-14-25(4)23-18(16)15-9-7-6-8-10-15/h6-10,14H,5,11-13H2,1-4H3,(H2,20,21,22). The Morgan fingerprint density at radius 2 is 1.96 bits per heavy atom. The van der Waals surface area contributed by atoms with Gasteiger partial charge >= 0.3 is 0 Å². The number of aromatic nitrogens is 2. The van der Waals surface area contributed by atoms with E-state index in [0.29, 0.717) is 12.5 Å². The molecular weight excluding hydrogens is 328 g/mol. The molecule has 0 bridgehead atoms. The number of aliphatic imine (C=N–C) groups is 1. The van der Waals surface area contributed by atoms with E-state index in [2.05, 4.69) is 27.6 Å². The highest BCUT2D eigenvalue weighted by Gasteiger charge is 2.10. The maximum absolute atomic E-state index is 11.8. The lowest BCUT2D eigenvalue weighted by Crippen LogP contribution is -2.43. The predicted octanol–water partition coefficient (Wildman–Crippen LogP) is 1.62. The second-order valence-electron chi connectivity index (χ2n) is 6.28. The molecule has 2 aromatic rings. The Morgan fingerprint density at radius 3 is 2.62 bits per heavy atom. The summed E-state index contributed by atoms with van der Waals surface area (Å²) in [5.41, 5.74) is 3.03. The quantitative estimate of drug-likeness (QED) is 0.584. The molecule has 7 heteroatoms. The van der Waals surface area contributed by atoms with Crippen LogP contribution in [0.2, 0.25) is 0 Å². The van der Waals surface area contributed by atoms with E-state index in [4.69, 9.17) is 0 Å². The lowest BCUT2D eigenvalue weighted by molar-refractivity contribution is -0.127. The number of amides is 1. The van der Waals surface area contributed by atoms with Crippen LogP contribution in [0.5, 0.6) is 0 Å². The van der Waals surface area contributed by atoms with Crippen molar-refractivity contribution in [2.24, 2.45) is 12.0 Å². The third-order valence-electron chi connectivity index (χ3n) is 3.81. The first kappa shape index (κ1) is 19.5. The van der Waals surface area contributed by atoms with Crippen molar-refractivity contribution in [1.29, 1.82) is 0 Å². The number of aryl methyl sites for hydroxylation is 1.